The number of rotatable bonds is 5. The zero-order valence-electron chi connectivity index (χ0n) is 13.7. The van der Waals surface area contributed by atoms with Gasteiger partial charge in [0.15, 0.2) is 17.1 Å². The molecule has 0 fully saturated rings. The van der Waals surface area contributed by atoms with Gasteiger partial charge in [-0.2, -0.15) is 4.98 Å². The summed E-state index contributed by atoms with van der Waals surface area (Å²) in [6.45, 7) is 2.09. The molecule has 0 atom stereocenters. The Balaban J connectivity index is 1.87. The van der Waals surface area contributed by atoms with Crippen LogP contribution in [0.1, 0.15) is 27.5 Å². The van der Waals surface area contributed by atoms with Gasteiger partial charge in [-0.15, -0.1) is 0 Å². The number of oxazole rings is 1. The highest BCUT2D eigenvalue weighted by atomic mass is 16.5. The topological polar surface area (TPSA) is 93.1 Å². The molecule has 0 radical (unpaired) electrons. The number of carbonyl (C=O) groups excluding carboxylic acids is 1. The Bertz CT molecular complexity index is 923. The van der Waals surface area contributed by atoms with Crippen molar-refractivity contribution in [3.8, 4) is 5.75 Å². The van der Waals surface area contributed by atoms with E-state index in [0.717, 1.165) is 17.5 Å². The molecule has 7 nitrogen and oxygen atoms in total. The number of ether oxygens (including phenoxy) is 1. The van der Waals surface area contributed by atoms with E-state index in [9.17, 15) is 4.79 Å². The van der Waals surface area contributed by atoms with Crippen LogP contribution in [-0.4, -0.2) is 28.8 Å². The molecule has 1 amide bonds. The predicted molar refractivity (Wildman–Crippen MR) is 89.8 cm³/mol. The van der Waals surface area contributed by atoms with Crippen LogP contribution in [-0.2, 0) is 13.6 Å². The lowest BCUT2D eigenvalue weighted by molar-refractivity contribution is 0.0943. The zero-order chi connectivity index (χ0) is 17.3. The van der Waals surface area contributed by atoms with E-state index in [-0.39, 0.29) is 5.91 Å². The largest absolute Gasteiger partial charge is 0.497 e. The summed E-state index contributed by atoms with van der Waals surface area (Å²) in [7, 11) is 3.33. The third-order valence-corrected chi connectivity index (χ3v) is 3.82. The number of fused-ring (bicyclic) bond motifs is 1. The van der Waals surface area contributed by atoms with E-state index in [2.05, 4.69) is 10.3 Å². The summed E-state index contributed by atoms with van der Waals surface area (Å²) in [4.78, 5) is 16.9. The lowest BCUT2D eigenvalue weighted by Gasteiger charge is -2.08. The van der Waals surface area contributed by atoms with Crippen molar-refractivity contribution in [2.75, 3.05) is 7.11 Å². The molecule has 1 aromatic carbocycles. The Labute approximate surface area is 138 Å². The molecule has 0 saturated heterocycles. The first-order valence-electron chi connectivity index (χ1n) is 7.42. The standard InChI is InChI=1S/C17H18N4O3/c1-10-20-16-15(24-10)13(8-18)14(21(16)2)17(22)19-9-11-5-4-6-12(7-11)23-3/h4-8,18H,9H2,1-3H3,(H,19,22). The van der Waals surface area contributed by atoms with Crippen molar-refractivity contribution in [1.82, 2.24) is 14.9 Å². The van der Waals surface area contributed by atoms with Gasteiger partial charge in [0.05, 0.1) is 12.7 Å². The number of hydrogen-bond acceptors (Lipinski definition) is 5. The first-order valence-corrected chi connectivity index (χ1v) is 7.42. The van der Waals surface area contributed by atoms with Gasteiger partial charge in [0.1, 0.15) is 11.4 Å². The minimum Gasteiger partial charge on any atom is -0.497 e. The number of carbonyl (C=O) groups is 1. The van der Waals surface area contributed by atoms with Crippen molar-refractivity contribution in [2.24, 2.45) is 7.05 Å². The number of benzene rings is 1. The summed E-state index contributed by atoms with van der Waals surface area (Å²) in [6.07, 6.45) is 1.12. The summed E-state index contributed by atoms with van der Waals surface area (Å²) in [6, 6.07) is 7.48. The average Bonchev–Trinajstić information content (AvgIpc) is 3.09. The van der Waals surface area contributed by atoms with Crippen molar-refractivity contribution >= 4 is 23.4 Å². The van der Waals surface area contributed by atoms with Crippen LogP contribution >= 0.6 is 0 Å². The van der Waals surface area contributed by atoms with Crippen LogP contribution in [0.15, 0.2) is 28.7 Å². The second kappa shape index (κ2) is 6.19. The molecular weight excluding hydrogens is 308 g/mol. The summed E-state index contributed by atoms with van der Waals surface area (Å²) in [5.41, 5.74) is 2.71. The number of hydrogen-bond donors (Lipinski definition) is 2. The fourth-order valence-electron chi connectivity index (χ4n) is 2.67. The van der Waals surface area contributed by atoms with Crippen LogP contribution in [0, 0.1) is 12.3 Å². The molecule has 3 rings (SSSR count). The molecule has 3 aromatic rings. The van der Waals surface area contributed by atoms with Gasteiger partial charge >= 0.3 is 0 Å². The first-order chi connectivity index (χ1) is 11.5. The molecule has 2 aromatic heterocycles. The summed E-state index contributed by atoms with van der Waals surface area (Å²) >= 11 is 0. The first kappa shape index (κ1) is 15.8. The maximum Gasteiger partial charge on any atom is 0.269 e. The Morgan fingerprint density at radius 1 is 1.50 bits per heavy atom. The van der Waals surface area contributed by atoms with Crippen molar-refractivity contribution in [1.29, 1.82) is 5.41 Å². The van der Waals surface area contributed by atoms with Gasteiger partial charge in [0.2, 0.25) is 0 Å². The van der Waals surface area contributed by atoms with Crippen LogP contribution in [0.2, 0.25) is 0 Å². The minimum absolute atomic E-state index is 0.287. The number of nitrogens with zero attached hydrogens (tertiary/aromatic N) is 2. The molecule has 0 spiro atoms. The molecule has 0 aliphatic carbocycles. The lowest BCUT2D eigenvalue weighted by atomic mass is 10.2. The van der Waals surface area contributed by atoms with Gasteiger partial charge in [0, 0.05) is 26.7 Å². The van der Waals surface area contributed by atoms with E-state index in [1.54, 1.807) is 25.6 Å². The SMILES string of the molecule is COc1cccc(CNC(=O)c2c(C=N)c3oc(C)nc3n2C)c1. The molecule has 0 unspecified atom stereocenters. The monoisotopic (exact) mass is 326 g/mol. The third-order valence-electron chi connectivity index (χ3n) is 3.82. The number of amides is 1. The second-order valence-corrected chi connectivity index (χ2v) is 5.39. The van der Waals surface area contributed by atoms with E-state index in [0.29, 0.717) is 34.9 Å². The Morgan fingerprint density at radius 3 is 3.00 bits per heavy atom. The molecule has 124 valence electrons. The Hall–Kier alpha value is -3.09. The molecule has 0 bridgehead atoms. The molecule has 0 aliphatic rings. The van der Waals surface area contributed by atoms with Gasteiger partial charge in [-0.05, 0) is 17.7 Å². The smallest absolute Gasteiger partial charge is 0.269 e. The quantitative estimate of drug-likeness (QED) is 0.704. The van der Waals surface area contributed by atoms with Gasteiger partial charge < -0.3 is 24.4 Å². The third kappa shape index (κ3) is 2.64. The molecule has 2 N–H and O–H groups in total. The molecule has 24 heavy (non-hydrogen) atoms. The number of aromatic nitrogens is 2. The fraction of sp³-hybridized carbons (Fsp3) is 0.235. The van der Waals surface area contributed by atoms with Crippen LogP contribution in [0.5, 0.6) is 5.75 Å². The number of nitrogens with one attached hydrogen (secondary N) is 2. The average molecular weight is 326 g/mol. The van der Waals surface area contributed by atoms with Gasteiger partial charge in [-0.1, -0.05) is 12.1 Å². The van der Waals surface area contributed by atoms with E-state index in [4.69, 9.17) is 14.6 Å². The van der Waals surface area contributed by atoms with Crippen molar-refractivity contribution in [2.45, 2.75) is 13.5 Å². The maximum absolute atomic E-state index is 12.6. The number of aryl methyl sites for hydroxylation is 2. The van der Waals surface area contributed by atoms with Crippen LogP contribution in [0.4, 0.5) is 0 Å². The normalized spacial score (nSPS) is 10.8. The van der Waals surface area contributed by atoms with Crippen LogP contribution in [0.25, 0.3) is 11.2 Å². The van der Waals surface area contributed by atoms with Gasteiger partial charge in [-0.25, -0.2) is 0 Å². The summed E-state index contributed by atoms with van der Waals surface area (Å²) in [5.74, 6) is 0.949. The summed E-state index contributed by atoms with van der Waals surface area (Å²) in [5, 5.41) is 10.5. The van der Waals surface area contributed by atoms with E-state index in [1.165, 1.54) is 0 Å². The molecule has 0 saturated carbocycles. The van der Waals surface area contributed by atoms with E-state index < -0.39 is 0 Å². The Morgan fingerprint density at radius 2 is 2.29 bits per heavy atom. The molecular formula is C17H18N4O3. The minimum atomic E-state index is -0.287. The predicted octanol–water partition coefficient (Wildman–Crippen LogP) is 2.41. The highest BCUT2D eigenvalue weighted by Crippen LogP contribution is 2.24. The van der Waals surface area contributed by atoms with Crippen molar-refractivity contribution in [3.05, 3.63) is 47.0 Å². The van der Waals surface area contributed by atoms with E-state index >= 15 is 0 Å². The summed E-state index contributed by atoms with van der Waals surface area (Å²) < 4.78 is 12.3. The highest BCUT2D eigenvalue weighted by Gasteiger charge is 2.23. The van der Waals surface area contributed by atoms with Gasteiger partial charge in [-0.3, -0.25) is 4.79 Å². The van der Waals surface area contributed by atoms with Gasteiger partial charge in [0.25, 0.3) is 5.91 Å². The van der Waals surface area contributed by atoms with Crippen molar-refractivity contribution in [3.63, 3.8) is 0 Å². The van der Waals surface area contributed by atoms with Crippen molar-refractivity contribution < 1.29 is 13.9 Å². The highest BCUT2D eigenvalue weighted by molar-refractivity contribution is 6.08. The second-order valence-electron chi connectivity index (χ2n) is 5.39. The van der Waals surface area contributed by atoms with E-state index in [1.807, 2.05) is 24.3 Å². The molecule has 0 aliphatic heterocycles. The molecule has 2 heterocycles. The lowest BCUT2D eigenvalue weighted by Crippen LogP contribution is -2.26. The Kier molecular flexibility index (Phi) is 4.07. The van der Waals surface area contributed by atoms with Crippen LogP contribution in [0.3, 0.4) is 0 Å². The maximum atomic E-state index is 12.6. The fourth-order valence-corrected chi connectivity index (χ4v) is 2.67. The number of methoxy groups -OCH3 is 1. The molecule has 7 heteroatoms. The van der Waals surface area contributed by atoms with Crippen LogP contribution < -0.4 is 10.1 Å². The zero-order valence-corrected chi connectivity index (χ0v) is 13.7.